The summed E-state index contributed by atoms with van der Waals surface area (Å²) in [7, 11) is 0. The van der Waals surface area contributed by atoms with Crippen LogP contribution in [-0.4, -0.2) is 82.1 Å². The summed E-state index contributed by atoms with van der Waals surface area (Å²) < 4.78 is 0. The van der Waals surface area contributed by atoms with E-state index >= 15 is 0 Å². The number of amides is 1. The number of nitrogens with two attached hydrogens (primary N) is 1. The van der Waals surface area contributed by atoms with Crippen LogP contribution in [0.3, 0.4) is 0 Å². The van der Waals surface area contributed by atoms with E-state index < -0.39 is 5.91 Å². The number of anilines is 1. The Morgan fingerprint density at radius 2 is 1.73 bits per heavy atom. The summed E-state index contributed by atoms with van der Waals surface area (Å²) in [6, 6.07) is 8.55. The maximum atomic E-state index is 11.3. The van der Waals surface area contributed by atoms with Gasteiger partial charge in [-0.05, 0) is 43.2 Å². The molecule has 1 aromatic carbocycles. The molecule has 2 aliphatic heterocycles. The van der Waals surface area contributed by atoms with Crippen molar-refractivity contribution in [2.24, 2.45) is 10.7 Å². The molecule has 1 aromatic heterocycles. The summed E-state index contributed by atoms with van der Waals surface area (Å²) in [5, 5.41) is 28.9. The van der Waals surface area contributed by atoms with E-state index in [4.69, 9.17) is 11.0 Å². The summed E-state index contributed by atoms with van der Waals surface area (Å²) in [6.45, 7) is 4.74. The first-order chi connectivity index (χ1) is 16.0. The SMILES string of the molecule is N#CN=C(c1ccc(O)cc1)N1CCC(N2CCN(c3ncc(C(N)=O)cc3O)CC2)CC1. The zero-order valence-corrected chi connectivity index (χ0v) is 18.3. The van der Waals surface area contributed by atoms with E-state index in [0.717, 1.165) is 57.7 Å². The second-order valence-corrected chi connectivity index (χ2v) is 8.25. The summed E-state index contributed by atoms with van der Waals surface area (Å²) in [6.07, 6.45) is 5.22. The average molecular weight is 450 g/mol. The monoisotopic (exact) mass is 449 g/mol. The molecule has 0 spiro atoms. The van der Waals surface area contributed by atoms with E-state index in [-0.39, 0.29) is 17.1 Å². The lowest BCUT2D eigenvalue weighted by Gasteiger charge is -2.43. The van der Waals surface area contributed by atoms with Crippen LogP contribution in [0.25, 0.3) is 0 Å². The first-order valence-corrected chi connectivity index (χ1v) is 10.9. The minimum Gasteiger partial charge on any atom is -0.508 e. The molecule has 10 heteroatoms. The maximum absolute atomic E-state index is 11.3. The summed E-state index contributed by atoms with van der Waals surface area (Å²) in [5.41, 5.74) is 6.25. The van der Waals surface area contributed by atoms with Gasteiger partial charge in [-0.25, -0.2) is 4.98 Å². The highest BCUT2D eigenvalue weighted by Crippen LogP contribution is 2.28. The van der Waals surface area contributed by atoms with Crippen molar-refractivity contribution >= 4 is 17.6 Å². The van der Waals surface area contributed by atoms with Gasteiger partial charge < -0.3 is 25.7 Å². The molecule has 3 heterocycles. The Hall–Kier alpha value is -3.84. The Labute approximate surface area is 192 Å². The van der Waals surface area contributed by atoms with Crippen molar-refractivity contribution < 1.29 is 15.0 Å². The molecule has 10 nitrogen and oxygen atoms in total. The number of nitrogens with zero attached hydrogens (tertiary/aromatic N) is 6. The van der Waals surface area contributed by atoms with Gasteiger partial charge in [-0.15, -0.1) is 0 Å². The smallest absolute Gasteiger partial charge is 0.250 e. The number of aromatic hydroxyl groups is 2. The summed E-state index contributed by atoms with van der Waals surface area (Å²) in [5.74, 6) is 0.642. The molecule has 4 N–H and O–H groups in total. The number of carbonyl (C=O) groups is 1. The number of benzene rings is 1. The summed E-state index contributed by atoms with van der Waals surface area (Å²) >= 11 is 0. The third-order valence-corrected chi connectivity index (χ3v) is 6.31. The van der Waals surface area contributed by atoms with Crippen LogP contribution in [0.15, 0.2) is 41.5 Å². The topological polar surface area (TPSA) is 142 Å². The predicted octanol–water partition coefficient (Wildman–Crippen LogP) is 1.11. The molecule has 0 atom stereocenters. The van der Waals surface area contributed by atoms with Crippen molar-refractivity contribution in [3.05, 3.63) is 47.7 Å². The molecule has 0 aliphatic carbocycles. The number of phenolic OH excluding ortho intramolecular Hbond substituents is 1. The van der Waals surface area contributed by atoms with Crippen LogP contribution in [0, 0.1) is 11.5 Å². The number of aliphatic imine (C=N–C) groups is 1. The lowest BCUT2D eigenvalue weighted by Crippen LogP contribution is -2.54. The van der Waals surface area contributed by atoms with Crippen LogP contribution in [0.4, 0.5) is 5.82 Å². The largest absolute Gasteiger partial charge is 0.508 e. The predicted molar refractivity (Wildman–Crippen MR) is 123 cm³/mol. The Bertz CT molecular complexity index is 1060. The number of nitriles is 1. The molecule has 0 bridgehead atoms. The minimum absolute atomic E-state index is 0.0356. The number of rotatable bonds is 4. The second kappa shape index (κ2) is 9.75. The van der Waals surface area contributed by atoms with Gasteiger partial charge >= 0.3 is 0 Å². The lowest BCUT2D eigenvalue weighted by atomic mass is 10.0. The molecule has 0 unspecified atom stereocenters. The van der Waals surface area contributed by atoms with Crippen molar-refractivity contribution in [3.63, 3.8) is 0 Å². The van der Waals surface area contributed by atoms with Crippen LogP contribution in [0.2, 0.25) is 0 Å². The third-order valence-electron chi connectivity index (χ3n) is 6.31. The molecular formula is C23H27N7O3. The van der Waals surface area contributed by atoms with Crippen molar-refractivity contribution in [1.82, 2.24) is 14.8 Å². The molecule has 33 heavy (non-hydrogen) atoms. The van der Waals surface area contributed by atoms with Crippen molar-refractivity contribution in [3.8, 4) is 17.7 Å². The van der Waals surface area contributed by atoms with Gasteiger partial charge in [-0.2, -0.15) is 10.3 Å². The van der Waals surface area contributed by atoms with E-state index in [1.165, 1.54) is 12.3 Å². The van der Waals surface area contributed by atoms with Gasteiger partial charge in [0.25, 0.3) is 0 Å². The fraction of sp³-hybridized carbons (Fsp3) is 0.391. The number of piperazine rings is 1. The first-order valence-electron chi connectivity index (χ1n) is 10.9. The number of amidine groups is 1. The number of piperidine rings is 1. The maximum Gasteiger partial charge on any atom is 0.250 e. The summed E-state index contributed by atoms with van der Waals surface area (Å²) in [4.78, 5) is 26.2. The van der Waals surface area contributed by atoms with E-state index in [0.29, 0.717) is 17.7 Å². The van der Waals surface area contributed by atoms with E-state index in [1.807, 2.05) is 11.1 Å². The number of aromatic nitrogens is 1. The average Bonchev–Trinajstić information content (AvgIpc) is 2.83. The number of hydrogen-bond donors (Lipinski definition) is 3. The molecule has 0 saturated carbocycles. The molecule has 1 amide bonds. The Morgan fingerprint density at radius 3 is 2.30 bits per heavy atom. The molecule has 2 saturated heterocycles. The van der Waals surface area contributed by atoms with Crippen LogP contribution in [0.5, 0.6) is 11.5 Å². The Kier molecular flexibility index (Phi) is 6.60. The van der Waals surface area contributed by atoms with Gasteiger partial charge in [0.05, 0.1) is 5.56 Å². The lowest BCUT2D eigenvalue weighted by molar-refractivity contribution is 0.0999. The van der Waals surface area contributed by atoms with E-state index in [1.54, 1.807) is 24.3 Å². The van der Waals surface area contributed by atoms with Gasteiger partial charge in [-0.3, -0.25) is 9.69 Å². The second-order valence-electron chi connectivity index (χ2n) is 8.25. The van der Waals surface area contributed by atoms with Crippen molar-refractivity contribution in [2.45, 2.75) is 18.9 Å². The molecule has 2 aromatic rings. The number of carbonyl (C=O) groups excluding carboxylic acids is 1. The Balaban J connectivity index is 1.33. The number of primary amides is 1. The van der Waals surface area contributed by atoms with Crippen molar-refractivity contribution in [1.29, 1.82) is 5.26 Å². The van der Waals surface area contributed by atoms with Crippen LogP contribution >= 0.6 is 0 Å². The molecule has 0 radical (unpaired) electrons. The molecule has 2 fully saturated rings. The molecule has 4 rings (SSSR count). The standard InChI is InChI=1S/C23H27N7O3/c24-15-27-22(16-1-3-19(31)4-2-16)29-7-5-18(6-8-29)28-9-11-30(12-10-28)23-20(32)13-17(14-26-23)21(25)33/h1-4,13-14,18,31-32H,5-12H2,(H2,25,33). The Morgan fingerprint density at radius 1 is 1.06 bits per heavy atom. The molecular weight excluding hydrogens is 422 g/mol. The fourth-order valence-electron chi connectivity index (χ4n) is 4.54. The number of phenols is 1. The fourth-order valence-corrected chi connectivity index (χ4v) is 4.54. The van der Waals surface area contributed by atoms with Crippen LogP contribution < -0.4 is 10.6 Å². The van der Waals surface area contributed by atoms with Gasteiger partial charge in [0, 0.05) is 57.1 Å². The highest BCUT2D eigenvalue weighted by molar-refractivity contribution is 5.99. The zero-order valence-electron chi connectivity index (χ0n) is 18.3. The molecule has 172 valence electrons. The van der Waals surface area contributed by atoms with Gasteiger partial charge in [0.15, 0.2) is 11.6 Å². The van der Waals surface area contributed by atoms with Crippen molar-refractivity contribution in [2.75, 3.05) is 44.2 Å². The third kappa shape index (κ3) is 4.99. The van der Waals surface area contributed by atoms with Crippen LogP contribution in [0.1, 0.15) is 28.8 Å². The van der Waals surface area contributed by atoms with Gasteiger partial charge in [-0.1, -0.05) is 0 Å². The normalized spacial score (nSPS) is 18.2. The van der Waals surface area contributed by atoms with Gasteiger partial charge in [0.1, 0.15) is 11.6 Å². The number of pyridine rings is 1. The minimum atomic E-state index is -0.617. The highest BCUT2D eigenvalue weighted by atomic mass is 16.3. The molecule has 2 aliphatic rings. The van der Waals surface area contributed by atoms with Gasteiger partial charge in [0.2, 0.25) is 12.1 Å². The highest BCUT2D eigenvalue weighted by Gasteiger charge is 2.30. The number of hydrogen-bond acceptors (Lipinski definition) is 8. The first kappa shape index (κ1) is 22.4. The van der Waals surface area contributed by atoms with E-state index in [9.17, 15) is 15.0 Å². The van der Waals surface area contributed by atoms with Crippen LogP contribution in [-0.2, 0) is 0 Å². The number of likely N-dealkylation sites (tertiary alicyclic amines) is 1. The quantitative estimate of drug-likeness (QED) is 0.358. The zero-order chi connectivity index (χ0) is 23.4. The van der Waals surface area contributed by atoms with E-state index in [2.05, 4.69) is 19.8 Å².